The lowest BCUT2D eigenvalue weighted by Gasteiger charge is -2.10. The minimum Gasteiger partial charge on any atom is -0.494 e. The van der Waals surface area contributed by atoms with Gasteiger partial charge in [0.05, 0.1) is 37.6 Å². The lowest BCUT2D eigenvalue weighted by molar-refractivity contribution is -0.138. The van der Waals surface area contributed by atoms with E-state index in [1.54, 1.807) is 42.5 Å². The summed E-state index contributed by atoms with van der Waals surface area (Å²) in [4.78, 5) is 47.6. The second kappa shape index (κ2) is 21.4. The normalized spacial score (nSPS) is 10.6. The second-order valence-corrected chi connectivity index (χ2v) is 11.9. The third kappa shape index (κ3) is 13.6. The zero-order valence-electron chi connectivity index (χ0n) is 29.5. The fourth-order valence-electron chi connectivity index (χ4n) is 5.04. The molecule has 0 radical (unpaired) electrons. The van der Waals surface area contributed by atoms with E-state index in [4.69, 9.17) is 28.4 Å². The van der Waals surface area contributed by atoms with Gasteiger partial charge in [0, 0.05) is 18.2 Å². The van der Waals surface area contributed by atoms with Gasteiger partial charge in [-0.25, -0.2) is 23.6 Å². The van der Waals surface area contributed by atoms with Crippen LogP contribution in [0.25, 0.3) is 10.8 Å². The van der Waals surface area contributed by atoms with Crippen molar-refractivity contribution in [2.75, 3.05) is 26.4 Å². The van der Waals surface area contributed by atoms with Crippen LogP contribution in [0.5, 0.6) is 23.0 Å². The second-order valence-electron chi connectivity index (χ2n) is 11.9. The van der Waals surface area contributed by atoms with Crippen LogP contribution in [0.3, 0.4) is 0 Å². The highest BCUT2D eigenvalue weighted by molar-refractivity contribution is 5.97. The minimum atomic E-state index is -0.871. The Bertz CT molecular complexity index is 1870. The molecule has 0 amide bonds. The molecule has 0 aromatic heterocycles. The van der Waals surface area contributed by atoms with Crippen molar-refractivity contribution in [2.24, 2.45) is 0 Å². The first-order valence-corrected chi connectivity index (χ1v) is 17.5. The van der Waals surface area contributed by atoms with Crippen LogP contribution in [0.15, 0.2) is 104 Å². The van der Waals surface area contributed by atoms with E-state index in [1.807, 2.05) is 18.2 Å². The van der Waals surface area contributed by atoms with Crippen LogP contribution < -0.4 is 18.9 Å². The highest BCUT2D eigenvalue weighted by atomic mass is 19.1. The molecule has 278 valence electrons. The Kier molecular flexibility index (Phi) is 16.1. The molecule has 0 unspecified atom stereocenters. The van der Waals surface area contributed by atoms with Gasteiger partial charge in [0.25, 0.3) is 0 Å². The molecule has 53 heavy (non-hydrogen) atoms. The average Bonchev–Trinajstić information content (AvgIpc) is 3.17. The Labute approximate surface area is 308 Å². The molecule has 0 saturated carbocycles. The lowest BCUT2D eigenvalue weighted by atomic mass is 10.1. The molecule has 0 heterocycles. The number of esters is 4. The van der Waals surface area contributed by atoms with Gasteiger partial charge < -0.3 is 28.4 Å². The Hall–Kier alpha value is -5.97. The van der Waals surface area contributed by atoms with Crippen molar-refractivity contribution in [3.05, 3.63) is 121 Å². The molecular formula is C42H43FO10. The van der Waals surface area contributed by atoms with Crippen molar-refractivity contribution in [2.45, 2.75) is 51.4 Å². The number of fused-ring (bicyclic) bond motifs is 1. The van der Waals surface area contributed by atoms with Gasteiger partial charge >= 0.3 is 23.9 Å². The Morgan fingerprint density at radius 1 is 0.509 bits per heavy atom. The quantitative estimate of drug-likeness (QED) is 0.0336. The average molecular weight is 727 g/mol. The Balaban J connectivity index is 1.18. The van der Waals surface area contributed by atoms with Gasteiger partial charge in [-0.15, -0.1) is 0 Å². The number of rotatable bonds is 22. The van der Waals surface area contributed by atoms with Crippen molar-refractivity contribution in [3.8, 4) is 23.0 Å². The highest BCUT2D eigenvalue weighted by Gasteiger charge is 2.16. The standard InChI is InChI=1S/C42H43FO10/c1-3-39(44)50-25-11-7-5-9-23-48-34-18-15-30(16-19-34)41(46)52-36-21-22-38(37(43)29-36)53-42(47)33-14-13-32-28-35(20-17-31(32)27-33)49-24-10-6-8-12-26-51-40(45)4-2/h3-4,13-22,27-29H,1-2,5-12,23-26H2. The monoisotopic (exact) mass is 726 g/mol. The third-order valence-corrected chi connectivity index (χ3v) is 7.89. The number of carbonyl (C=O) groups excluding carboxylic acids is 4. The molecule has 0 spiro atoms. The summed E-state index contributed by atoms with van der Waals surface area (Å²) >= 11 is 0. The maximum absolute atomic E-state index is 14.9. The maximum atomic E-state index is 14.9. The van der Waals surface area contributed by atoms with Gasteiger partial charge in [-0.2, -0.15) is 0 Å². The van der Waals surface area contributed by atoms with Crippen molar-refractivity contribution in [3.63, 3.8) is 0 Å². The maximum Gasteiger partial charge on any atom is 0.343 e. The zero-order valence-corrected chi connectivity index (χ0v) is 29.5. The molecule has 4 aromatic carbocycles. The third-order valence-electron chi connectivity index (χ3n) is 7.89. The van der Waals surface area contributed by atoms with Gasteiger partial charge in [0.2, 0.25) is 0 Å². The van der Waals surface area contributed by atoms with Gasteiger partial charge in [0.15, 0.2) is 11.6 Å². The summed E-state index contributed by atoms with van der Waals surface area (Å²) in [5, 5.41) is 1.64. The van der Waals surface area contributed by atoms with Crippen LogP contribution in [0.4, 0.5) is 4.39 Å². The molecule has 4 aromatic rings. The molecule has 0 aliphatic carbocycles. The van der Waals surface area contributed by atoms with Gasteiger partial charge in [-0.05, 0) is 123 Å². The zero-order chi connectivity index (χ0) is 37.8. The Morgan fingerprint density at radius 3 is 1.60 bits per heavy atom. The molecule has 0 bridgehead atoms. The largest absolute Gasteiger partial charge is 0.494 e. The summed E-state index contributed by atoms with van der Waals surface area (Å²) in [6.07, 6.45) is 9.18. The van der Waals surface area contributed by atoms with E-state index < -0.39 is 29.7 Å². The predicted molar refractivity (Wildman–Crippen MR) is 197 cm³/mol. The Morgan fingerprint density at radius 2 is 1.00 bits per heavy atom. The topological polar surface area (TPSA) is 124 Å². The summed E-state index contributed by atoms with van der Waals surface area (Å²) in [5.74, 6) is -2.22. The van der Waals surface area contributed by atoms with Crippen molar-refractivity contribution in [1.29, 1.82) is 0 Å². The first kappa shape index (κ1) is 39.8. The fraction of sp³-hybridized carbons (Fsp3) is 0.286. The van der Waals surface area contributed by atoms with Crippen LogP contribution in [-0.2, 0) is 19.1 Å². The first-order valence-electron chi connectivity index (χ1n) is 17.5. The molecule has 0 aliphatic rings. The molecular weight excluding hydrogens is 683 g/mol. The lowest BCUT2D eigenvalue weighted by Crippen LogP contribution is -2.11. The fourth-order valence-corrected chi connectivity index (χ4v) is 5.04. The van der Waals surface area contributed by atoms with E-state index in [-0.39, 0.29) is 22.6 Å². The first-order chi connectivity index (χ1) is 25.7. The summed E-state index contributed by atoms with van der Waals surface area (Å²) in [5.41, 5.74) is 0.478. The van der Waals surface area contributed by atoms with E-state index in [9.17, 15) is 23.6 Å². The summed E-state index contributed by atoms with van der Waals surface area (Å²) in [6, 6.07) is 20.5. The van der Waals surface area contributed by atoms with E-state index in [0.29, 0.717) is 37.9 Å². The number of carbonyl (C=O) groups is 4. The summed E-state index contributed by atoms with van der Waals surface area (Å²) in [6.45, 7) is 8.49. The molecule has 0 fully saturated rings. The van der Waals surface area contributed by atoms with E-state index >= 15 is 0 Å². The number of hydrogen-bond donors (Lipinski definition) is 0. The SMILES string of the molecule is C=CC(=O)OCCCCCCOc1ccc(C(=O)Oc2ccc(OC(=O)c3ccc4cc(OCCCCCCOC(=O)C=C)ccc4c3)c(F)c2)cc1. The predicted octanol–water partition coefficient (Wildman–Crippen LogP) is 8.75. The minimum absolute atomic E-state index is 0.0536. The molecule has 0 atom stereocenters. The van der Waals surface area contributed by atoms with Crippen LogP contribution in [0.1, 0.15) is 72.1 Å². The number of hydrogen-bond acceptors (Lipinski definition) is 10. The number of ether oxygens (including phenoxy) is 6. The molecule has 0 saturated heterocycles. The summed E-state index contributed by atoms with van der Waals surface area (Å²) in [7, 11) is 0. The van der Waals surface area contributed by atoms with Crippen LogP contribution in [0.2, 0.25) is 0 Å². The number of halogens is 1. The number of unbranched alkanes of at least 4 members (excludes halogenated alkanes) is 6. The highest BCUT2D eigenvalue weighted by Crippen LogP contribution is 2.27. The molecule has 0 aliphatic heterocycles. The van der Waals surface area contributed by atoms with Crippen molar-refractivity contribution in [1.82, 2.24) is 0 Å². The van der Waals surface area contributed by atoms with Gasteiger partial charge in [-0.3, -0.25) is 0 Å². The molecule has 11 heteroatoms. The van der Waals surface area contributed by atoms with Gasteiger partial charge in [-0.1, -0.05) is 25.3 Å². The van der Waals surface area contributed by atoms with Crippen molar-refractivity contribution < 1.29 is 52.0 Å². The summed E-state index contributed by atoms with van der Waals surface area (Å²) < 4.78 is 47.0. The van der Waals surface area contributed by atoms with E-state index in [2.05, 4.69) is 13.2 Å². The van der Waals surface area contributed by atoms with E-state index in [0.717, 1.165) is 80.4 Å². The molecule has 4 rings (SSSR count). The molecule has 10 nitrogen and oxygen atoms in total. The molecule has 0 N–H and O–H groups in total. The van der Waals surface area contributed by atoms with Gasteiger partial charge in [0.1, 0.15) is 17.2 Å². The van der Waals surface area contributed by atoms with Crippen LogP contribution in [0, 0.1) is 5.82 Å². The smallest absolute Gasteiger partial charge is 0.343 e. The van der Waals surface area contributed by atoms with Crippen LogP contribution in [-0.4, -0.2) is 50.3 Å². The number of benzene rings is 4. The van der Waals surface area contributed by atoms with Crippen LogP contribution >= 0.6 is 0 Å². The van der Waals surface area contributed by atoms with E-state index in [1.165, 1.54) is 12.1 Å². The van der Waals surface area contributed by atoms with Crippen molar-refractivity contribution >= 4 is 34.6 Å².